The second kappa shape index (κ2) is 9.78. The van der Waals surface area contributed by atoms with E-state index in [4.69, 9.17) is 9.29 Å². The van der Waals surface area contributed by atoms with Crippen molar-refractivity contribution in [2.45, 2.75) is 58.5 Å². The summed E-state index contributed by atoms with van der Waals surface area (Å²) >= 11 is -1.75. The van der Waals surface area contributed by atoms with Gasteiger partial charge < -0.3 is 9.29 Å². The maximum absolute atomic E-state index is 11.3. The molecule has 0 radical (unpaired) electrons. The van der Waals surface area contributed by atoms with Crippen molar-refractivity contribution in [3.8, 4) is 0 Å². The van der Waals surface area contributed by atoms with Gasteiger partial charge >= 0.3 is 5.97 Å². The van der Waals surface area contributed by atoms with Crippen LogP contribution in [0.25, 0.3) is 0 Å². The Labute approximate surface area is 100 Å². The van der Waals surface area contributed by atoms with Gasteiger partial charge in [0, 0.05) is 12.2 Å². The molecule has 0 amide bonds. The number of hydrogen-bond acceptors (Lipinski definition) is 3. The molecule has 2 atom stereocenters. The molecule has 0 saturated heterocycles. The van der Waals surface area contributed by atoms with E-state index >= 15 is 0 Å². The van der Waals surface area contributed by atoms with Gasteiger partial charge in [-0.3, -0.25) is 4.79 Å². The maximum Gasteiger partial charge on any atom is 0.306 e. The molecular weight excluding hydrogens is 228 g/mol. The molecule has 0 aromatic heterocycles. The largest absolute Gasteiger partial charge is 0.463 e. The van der Waals surface area contributed by atoms with Gasteiger partial charge in [0.15, 0.2) is 11.1 Å². The maximum atomic E-state index is 11.3. The van der Waals surface area contributed by atoms with Crippen LogP contribution in [-0.4, -0.2) is 26.6 Å². The summed E-state index contributed by atoms with van der Waals surface area (Å²) in [5, 5.41) is 0. The first-order valence-corrected chi connectivity index (χ1v) is 7.10. The molecule has 0 aliphatic rings. The van der Waals surface area contributed by atoms with Gasteiger partial charge in [0.2, 0.25) is 0 Å². The number of unbranched alkanes of at least 4 members (excludes halogenated alkanes) is 2. The number of hydrogen-bond donors (Lipinski definition) is 1. The highest BCUT2D eigenvalue weighted by molar-refractivity contribution is 7.79. The molecule has 0 aliphatic heterocycles. The van der Waals surface area contributed by atoms with Crippen LogP contribution in [0, 0.1) is 0 Å². The van der Waals surface area contributed by atoms with E-state index in [-0.39, 0.29) is 17.8 Å². The van der Waals surface area contributed by atoms with Gasteiger partial charge in [-0.05, 0) is 26.2 Å². The summed E-state index contributed by atoms with van der Waals surface area (Å²) < 4.78 is 24.0. The smallest absolute Gasteiger partial charge is 0.306 e. The van der Waals surface area contributed by atoms with Crippen LogP contribution < -0.4 is 0 Å². The van der Waals surface area contributed by atoms with Gasteiger partial charge in [0.05, 0.1) is 6.10 Å². The zero-order valence-corrected chi connectivity index (χ0v) is 10.9. The van der Waals surface area contributed by atoms with E-state index in [0.29, 0.717) is 19.3 Å². The van der Waals surface area contributed by atoms with Gasteiger partial charge in [-0.2, -0.15) is 0 Å². The fraction of sp³-hybridized carbons (Fsp3) is 0.909. The van der Waals surface area contributed by atoms with Gasteiger partial charge in [-0.1, -0.05) is 19.8 Å². The number of ether oxygens (including phenoxy) is 1. The highest BCUT2D eigenvalue weighted by atomic mass is 32.2. The predicted octanol–water partition coefficient (Wildman–Crippen LogP) is 2.50. The predicted molar refractivity (Wildman–Crippen MR) is 64.6 cm³/mol. The van der Waals surface area contributed by atoms with Crippen LogP contribution >= 0.6 is 0 Å². The third kappa shape index (κ3) is 10.1. The van der Waals surface area contributed by atoms with E-state index in [2.05, 4.69) is 6.92 Å². The average molecular weight is 250 g/mol. The Morgan fingerprint density at radius 2 is 2.06 bits per heavy atom. The molecule has 0 heterocycles. The summed E-state index contributed by atoms with van der Waals surface area (Å²) in [6.45, 7) is 4.00. The Morgan fingerprint density at radius 3 is 2.62 bits per heavy atom. The van der Waals surface area contributed by atoms with Crippen LogP contribution in [0.2, 0.25) is 0 Å². The first-order valence-electron chi connectivity index (χ1n) is 5.83. The Hall–Kier alpha value is -0.420. The molecule has 16 heavy (non-hydrogen) atoms. The third-order valence-corrected chi connectivity index (χ3v) is 2.88. The Balaban J connectivity index is 3.46. The molecule has 4 nitrogen and oxygen atoms in total. The Bertz CT molecular complexity index is 218. The Kier molecular flexibility index (Phi) is 9.52. The molecule has 0 aromatic rings. The van der Waals surface area contributed by atoms with E-state index in [1.54, 1.807) is 0 Å². The van der Waals surface area contributed by atoms with Crippen molar-refractivity contribution in [1.29, 1.82) is 0 Å². The van der Waals surface area contributed by atoms with Crippen LogP contribution in [0.15, 0.2) is 0 Å². The highest BCUT2D eigenvalue weighted by Gasteiger charge is 2.08. The summed E-state index contributed by atoms with van der Waals surface area (Å²) in [6.07, 6.45) is 4.60. The quantitative estimate of drug-likeness (QED) is 0.388. The molecule has 0 rings (SSSR count). The summed E-state index contributed by atoms with van der Waals surface area (Å²) in [6, 6.07) is 0. The summed E-state index contributed by atoms with van der Waals surface area (Å²) in [4.78, 5) is 11.3. The molecule has 96 valence electrons. The number of rotatable bonds is 9. The highest BCUT2D eigenvalue weighted by Crippen LogP contribution is 2.07. The standard InChI is InChI=1S/C11H22O4S/c1-3-4-7-10(2)15-11(12)8-5-6-9-16(13)14/h10H,3-9H2,1-2H3,(H,13,14). The summed E-state index contributed by atoms with van der Waals surface area (Å²) in [5.74, 6) is 0.0332. The third-order valence-electron chi connectivity index (χ3n) is 2.25. The molecule has 0 spiro atoms. The van der Waals surface area contributed by atoms with Crippen LogP contribution in [0.3, 0.4) is 0 Å². The van der Waals surface area contributed by atoms with Crippen molar-refractivity contribution in [3.05, 3.63) is 0 Å². The van der Waals surface area contributed by atoms with E-state index < -0.39 is 11.1 Å². The monoisotopic (exact) mass is 250 g/mol. The fourth-order valence-electron chi connectivity index (χ4n) is 1.33. The molecule has 0 aliphatic carbocycles. The van der Waals surface area contributed by atoms with Crippen molar-refractivity contribution < 1.29 is 18.3 Å². The van der Waals surface area contributed by atoms with Crippen molar-refractivity contribution in [2.75, 3.05) is 5.75 Å². The van der Waals surface area contributed by atoms with Gasteiger partial charge in [0.25, 0.3) is 0 Å². The molecule has 1 N–H and O–H groups in total. The SMILES string of the molecule is CCCCC(C)OC(=O)CCCCS(=O)O. The lowest BCUT2D eigenvalue weighted by Gasteiger charge is -2.12. The van der Waals surface area contributed by atoms with Gasteiger partial charge in [0.1, 0.15) is 0 Å². The topological polar surface area (TPSA) is 63.6 Å². The molecule has 0 saturated carbocycles. The minimum Gasteiger partial charge on any atom is -0.463 e. The molecule has 0 aromatic carbocycles. The van der Waals surface area contributed by atoms with Crippen molar-refractivity contribution >= 4 is 17.0 Å². The molecule has 0 bridgehead atoms. The molecule has 0 fully saturated rings. The zero-order chi connectivity index (χ0) is 12.4. The first-order chi connectivity index (χ1) is 7.56. The van der Waals surface area contributed by atoms with Crippen molar-refractivity contribution in [3.63, 3.8) is 0 Å². The van der Waals surface area contributed by atoms with E-state index in [1.807, 2.05) is 6.92 Å². The van der Waals surface area contributed by atoms with Crippen molar-refractivity contribution in [2.24, 2.45) is 0 Å². The lowest BCUT2D eigenvalue weighted by atomic mass is 10.2. The molecule has 2 unspecified atom stereocenters. The second-order valence-electron chi connectivity index (χ2n) is 3.93. The minimum absolute atomic E-state index is 0.0144. The lowest BCUT2D eigenvalue weighted by molar-refractivity contribution is -0.148. The molecular formula is C11H22O4S. The van der Waals surface area contributed by atoms with Crippen LogP contribution in [0.4, 0.5) is 0 Å². The second-order valence-corrected chi connectivity index (χ2v) is 4.98. The lowest BCUT2D eigenvalue weighted by Crippen LogP contribution is -2.14. The van der Waals surface area contributed by atoms with E-state index in [9.17, 15) is 9.00 Å². The van der Waals surface area contributed by atoms with Crippen LogP contribution in [-0.2, 0) is 20.6 Å². The Morgan fingerprint density at radius 1 is 1.38 bits per heavy atom. The van der Waals surface area contributed by atoms with Crippen LogP contribution in [0.5, 0.6) is 0 Å². The zero-order valence-electron chi connectivity index (χ0n) is 10.1. The van der Waals surface area contributed by atoms with Gasteiger partial charge in [-0.25, -0.2) is 4.21 Å². The first kappa shape index (κ1) is 15.6. The van der Waals surface area contributed by atoms with E-state index in [0.717, 1.165) is 19.3 Å². The number of carbonyl (C=O) groups excluding carboxylic acids is 1. The molecule has 5 heteroatoms. The summed E-state index contributed by atoms with van der Waals surface area (Å²) in [5.41, 5.74) is 0. The average Bonchev–Trinajstić information content (AvgIpc) is 2.21. The number of carbonyl (C=O) groups is 1. The van der Waals surface area contributed by atoms with Gasteiger partial charge in [-0.15, -0.1) is 0 Å². The number of esters is 1. The van der Waals surface area contributed by atoms with Crippen LogP contribution in [0.1, 0.15) is 52.4 Å². The van der Waals surface area contributed by atoms with Crippen molar-refractivity contribution in [1.82, 2.24) is 0 Å². The minimum atomic E-state index is -1.75. The summed E-state index contributed by atoms with van der Waals surface area (Å²) in [7, 11) is 0. The van der Waals surface area contributed by atoms with E-state index in [1.165, 1.54) is 0 Å². The fourth-order valence-corrected chi connectivity index (χ4v) is 1.78. The normalized spacial score (nSPS) is 14.4.